The maximum atomic E-state index is 6.17. The van der Waals surface area contributed by atoms with Gasteiger partial charge in [-0.25, -0.2) is 0 Å². The molecule has 14 heavy (non-hydrogen) atoms. The molecule has 0 aromatic heterocycles. The lowest BCUT2D eigenvalue weighted by molar-refractivity contribution is 0.239. The van der Waals surface area contributed by atoms with Gasteiger partial charge in [-0.15, -0.1) is 0 Å². The Bertz CT molecular complexity index is 139. The number of nitrogens with zero attached hydrogens (tertiary/aromatic N) is 1. The quantitative estimate of drug-likeness (QED) is 0.750. The summed E-state index contributed by atoms with van der Waals surface area (Å²) in [4.78, 5) is 2.56. The molecule has 1 aliphatic heterocycles. The highest BCUT2D eigenvalue weighted by molar-refractivity contribution is 4.74. The molecule has 1 aliphatic rings. The summed E-state index contributed by atoms with van der Waals surface area (Å²) in [6, 6.07) is 0.373. The van der Waals surface area contributed by atoms with E-state index in [0.717, 1.165) is 6.54 Å². The van der Waals surface area contributed by atoms with Crippen LogP contribution in [0.3, 0.4) is 0 Å². The highest BCUT2D eigenvalue weighted by Gasteiger charge is 2.16. The van der Waals surface area contributed by atoms with Crippen LogP contribution in [0.15, 0.2) is 0 Å². The highest BCUT2D eigenvalue weighted by atomic mass is 15.1. The second kappa shape index (κ2) is 6.41. The van der Waals surface area contributed by atoms with Gasteiger partial charge in [0, 0.05) is 12.6 Å². The molecule has 2 heteroatoms. The Morgan fingerprint density at radius 2 is 1.71 bits per heavy atom. The van der Waals surface area contributed by atoms with Crippen LogP contribution in [0.25, 0.3) is 0 Å². The number of hydrogen-bond acceptors (Lipinski definition) is 2. The first kappa shape index (κ1) is 12.0. The molecular weight excluding hydrogens is 172 g/mol. The summed E-state index contributed by atoms with van der Waals surface area (Å²) in [6.07, 6.45) is 6.76. The van der Waals surface area contributed by atoms with Crippen LogP contribution < -0.4 is 5.73 Å². The van der Waals surface area contributed by atoms with E-state index in [1.165, 1.54) is 45.2 Å². The molecular formula is C12H26N2. The minimum Gasteiger partial charge on any atom is -0.326 e. The van der Waals surface area contributed by atoms with E-state index in [4.69, 9.17) is 5.73 Å². The highest BCUT2D eigenvalue weighted by Crippen LogP contribution is 2.12. The van der Waals surface area contributed by atoms with E-state index in [2.05, 4.69) is 18.7 Å². The standard InChI is InChI=1S/C12H26N2/c1-3-11(2)12(13)10-14-8-6-4-5-7-9-14/h11-12H,3-10,13H2,1-2H3. The zero-order valence-corrected chi connectivity index (χ0v) is 9.84. The third-order valence-electron chi connectivity index (χ3n) is 3.54. The molecule has 1 fully saturated rings. The fourth-order valence-electron chi connectivity index (χ4n) is 2.10. The summed E-state index contributed by atoms with van der Waals surface area (Å²) in [5.41, 5.74) is 6.17. The molecule has 0 bridgehead atoms. The maximum Gasteiger partial charge on any atom is 0.0193 e. The molecule has 2 atom stereocenters. The monoisotopic (exact) mass is 198 g/mol. The Hall–Kier alpha value is -0.0800. The van der Waals surface area contributed by atoms with Crippen molar-refractivity contribution in [2.24, 2.45) is 11.7 Å². The lowest BCUT2D eigenvalue weighted by Gasteiger charge is -2.27. The van der Waals surface area contributed by atoms with Crippen LogP contribution in [0, 0.1) is 5.92 Å². The zero-order valence-electron chi connectivity index (χ0n) is 9.84. The Labute approximate surface area is 88.8 Å². The van der Waals surface area contributed by atoms with Crippen LogP contribution >= 0.6 is 0 Å². The van der Waals surface area contributed by atoms with Crippen LogP contribution in [0.4, 0.5) is 0 Å². The lowest BCUT2D eigenvalue weighted by atomic mass is 9.99. The lowest BCUT2D eigenvalue weighted by Crippen LogP contribution is -2.41. The van der Waals surface area contributed by atoms with Crippen LogP contribution in [-0.2, 0) is 0 Å². The van der Waals surface area contributed by atoms with Gasteiger partial charge in [-0.2, -0.15) is 0 Å². The second-order valence-electron chi connectivity index (χ2n) is 4.76. The first-order valence-corrected chi connectivity index (χ1v) is 6.22. The van der Waals surface area contributed by atoms with Gasteiger partial charge in [0.2, 0.25) is 0 Å². The predicted molar refractivity (Wildman–Crippen MR) is 62.3 cm³/mol. The van der Waals surface area contributed by atoms with Crippen molar-refractivity contribution in [1.29, 1.82) is 0 Å². The number of hydrogen-bond donors (Lipinski definition) is 1. The molecule has 0 aliphatic carbocycles. The molecule has 2 N–H and O–H groups in total. The molecule has 2 nitrogen and oxygen atoms in total. The first-order chi connectivity index (χ1) is 6.74. The van der Waals surface area contributed by atoms with Gasteiger partial charge >= 0.3 is 0 Å². The molecule has 0 saturated carbocycles. The van der Waals surface area contributed by atoms with E-state index in [9.17, 15) is 0 Å². The van der Waals surface area contributed by atoms with Crippen molar-refractivity contribution in [3.63, 3.8) is 0 Å². The summed E-state index contributed by atoms with van der Waals surface area (Å²) < 4.78 is 0. The Kier molecular flexibility index (Phi) is 5.49. The van der Waals surface area contributed by atoms with Crippen molar-refractivity contribution in [3.05, 3.63) is 0 Å². The number of nitrogens with two attached hydrogens (primary N) is 1. The molecule has 0 spiro atoms. The molecule has 0 amide bonds. The maximum absolute atomic E-state index is 6.17. The van der Waals surface area contributed by atoms with E-state index in [1.807, 2.05) is 0 Å². The van der Waals surface area contributed by atoms with E-state index >= 15 is 0 Å². The van der Waals surface area contributed by atoms with Crippen LogP contribution in [0.1, 0.15) is 46.0 Å². The van der Waals surface area contributed by atoms with E-state index < -0.39 is 0 Å². The largest absolute Gasteiger partial charge is 0.326 e. The van der Waals surface area contributed by atoms with Gasteiger partial charge in [-0.3, -0.25) is 0 Å². The van der Waals surface area contributed by atoms with Gasteiger partial charge in [0.25, 0.3) is 0 Å². The van der Waals surface area contributed by atoms with Crippen LogP contribution in [-0.4, -0.2) is 30.6 Å². The summed E-state index contributed by atoms with van der Waals surface area (Å²) in [7, 11) is 0. The van der Waals surface area contributed by atoms with Gasteiger partial charge in [0.05, 0.1) is 0 Å². The van der Waals surface area contributed by atoms with E-state index in [-0.39, 0.29) is 0 Å². The fraction of sp³-hybridized carbons (Fsp3) is 1.00. The Morgan fingerprint density at radius 1 is 1.14 bits per heavy atom. The molecule has 2 unspecified atom stereocenters. The van der Waals surface area contributed by atoms with E-state index in [0.29, 0.717) is 12.0 Å². The first-order valence-electron chi connectivity index (χ1n) is 6.22. The fourth-order valence-corrected chi connectivity index (χ4v) is 2.10. The van der Waals surface area contributed by atoms with Crippen molar-refractivity contribution < 1.29 is 0 Å². The van der Waals surface area contributed by atoms with Gasteiger partial charge < -0.3 is 10.6 Å². The average Bonchev–Trinajstić information content (AvgIpc) is 2.45. The topological polar surface area (TPSA) is 29.3 Å². The molecule has 0 aromatic rings. The van der Waals surface area contributed by atoms with Crippen LogP contribution in [0.2, 0.25) is 0 Å². The SMILES string of the molecule is CCC(C)C(N)CN1CCCCCC1. The van der Waals surface area contributed by atoms with Crippen molar-refractivity contribution in [2.45, 2.75) is 52.0 Å². The molecule has 1 saturated heterocycles. The third kappa shape index (κ3) is 3.97. The predicted octanol–water partition coefficient (Wildman–Crippen LogP) is 2.24. The molecule has 1 rings (SSSR count). The Balaban J connectivity index is 2.26. The minimum atomic E-state index is 0.373. The minimum absolute atomic E-state index is 0.373. The summed E-state index contributed by atoms with van der Waals surface area (Å²) in [5, 5.41) is 0. The number of likely N-dealkylation sites (tertiary alicyclic amines) is 1. The third-order valence-corrected chi connectivity index (χ3v) is 3.54. The molecule has 0 aromatic carbocycles. The number of rotatable bonds is 4. The molecule has 0 radical (unpaired) electrons. The van der Waals surface area contributed by atoms with Gasteiger partial charge in [0.1, 0.15) is 0 Å². The van der Waals surface area contributed by atoms with Crippen molar-refractivity contribution >= 4 is 0 Å². The summed E-state index contributed by atoms with van der Waals surface area (Å²) in [5.74, 6) is 0.665. The molecule has 84 valence electrons. The van der Waals surface area contributed by atoms with Gasteiger partial charge in [0.15, 0.2) is 0 Å². The zero-order chi connectivity index (χ0) is 10.4. The normalized spacial score (nSPS) is 24.2. The Morgan fingerprint density at radius 3 is 2.21 bits per heavy atom. The average molecular weight is 198 g/mol. The smallest absolute Gasteiger partial charge is 0.0193 e. The summed E-state index contributed by atoms with van der Waals surface area (Å²) in [6.45, 7) is 8.14. The molecule has 1 heterocycles. The second-order valence-corrected chi connectivity index (χ2v) is 4.76. The van der Waals surface area contributed by atoms with Gasteiger partial charge in [-0.05, 0) is 31.8 Å². The van der Waals surface area contributed by atoms with Crippen molar-refractivity contribution in [3.8, 4) is 0 Å². The van der Waals surface area contributed by atoms with Crippen LogP contribution in [0.5, 0.6) is 0 Å². The van der Waals surface area contributed by atoms with Crippen molar-refractivity contribution in [1.82, 2.24) is 4.90 Å². The van der Waals surface area contributed by atoms with Gasteiger partial charge in [-0.1, -0.05) is 33.1 Å². The summed E-state index contributed by atoms with van der Waals surface area (Å²) >= 11 is 0. The van der Waals surface area contributed by atoms with E-state index in [1.54, 1.807) is 0 Å². The van der Waals surface area contributed by atoms with Crippen molar-refractivity contribution in [2.75, 3.05) is 19.6 Å².